The van der Waals surface area contributed by atoms with E-state index in [4.69, 9.17) is 9.47 Å². The molecule has 2 rings (SSSR count). The molecule has 1 aliphatic heterocycles. The van der Waals surface area contributed by atoms with Crippen LogP contribution >= 0.6 is 0 Å². The van der Waals surface area contributed by atoms with Gasteiger partial charge in [-0.05, 0) is 64.8 Å². The minimum absolute atomic E-state index is 0.357. The normalized spacial score (nSPS) is 16.7. The number of aryl methyl sites for hydroxylation is 2. The predicted molar refractivity (Wildman–Crippen MR) is 97.6 cm³/mol. The summed E-state index contributed by atoms with van der Waals surface area (Å²) in [6, 6.07) is 1.86. The third-order valence-electron chi connectivity index (χ3n) is 4.32. The molecule has 1 fully saturated rings. The van der Waals surface area contributed by atoms with Crippen LogP contribution in [-0.2, 0) is 19.1 Å². The highest BCUT2D eigenvalue weighted by Crippen LogP contribution is 2.30. The van der Waals surface area contributed by atoms with Crippen LogP contribution in [0.1, 0.15) is 38.8 Å². The monoisotopic (exact) mass is 376 g/mol. The van der Waals surface area contributed by atoms with Crippen LogP contribution in [0.3, 0.4) is 0 Å². The van der Waals surface area contributed by atoms with Crippen molar-refractivity contribution in [1.82, 2.24) is 4.90 Å². The molecule has 1 unspecified atom stereocenters. The second kappa shape index (κ2) is 7.38. The molecule has 0 radical (unpaired) electrons. The Morgan fingerprint density at radius 2 is 1.81 bits per heavy atom. The molecular formula is C19H24N2O6. The van der Waals surface area contributed by atoms with Gasteiger partial charge in [0.15, 0.2) is 17.4 Å². The van der Waals surface area contributed by atoms with Gasteiger partial charge in [0.1, 0.15) is 5.75 Å². The van der Waals surface area contributed by atoms with Gasteiger partial charge in [-0.25, -0.2) is 9.69 Å². The molecule has 0 bridgehead atoms. The number of imide groups is 1. The Hall–Kier alpha value is -2.90. The maximum atomic E-state index is 12.8. The third-order valence-corrected chi connectivity index (χ3v) is 4.32. The van der Waals surface area contributed by atoms with Gasteiger partial charge in [0.25, 0.3) is 11.8 Å². The number of cyclic esters (lactones) is 1. The second-order valence-electron chi connectivity index (χ2n) is 6.92. The summed E-state index contributed by atoms with van der Waals surface area (Å²) in [6.07, 6.45) is -1.02. The average Bonchev–Trinajstić information content (AvgIpc) is 2.74. The first-order chi connectivity index (χ1) is 12.5. The number of rotatable bonds is 6. The number of Topliss-reactive ketones (excluding diaryl/α,β-unsaturated/α-hetero) is 1. The van der Waals surface area contributed by atoms with Crippen LogP contribution in [0.15, 0.2) is 12.1 Å². The summed E-state index contributed by atoms with van der Waals surface area (Å²) in [5.41, 5.74) is 0.808. The van der Waals surface area contributed by atoms with Gasteiger partial charge in [-0.3, -0.25) is 14.4 Å². The zero-order chi connectivity index (χ0) is 20.5. The molecule has 1 heterocycles. The predicted octanol–water partition coefficient (Wildman–Crippen LogP) is 2.36. The van der Waals surface area contributed by atoms with Crippen molar-refractivity contribution in [1.29, 1.82) is 0 Å². The average molecular weight is 376 g/mol. The highest BCUT2D eigenvalue weighted by atomic mass is 16.6. The van der Waals surface area contributed by atoms with Crippen molar-refractivity contribution in [2.45, 2.75) is 53.2 Å². The highest BCUT2D eigenvalue weighted by Gasteiger charge is 2.53. The van der Waals surface area contributed by atoms with Crippen LogP contribution in [0.25, 0.3) is 0 Å². The lowest BCUT2D eigenvalue weighted by Gasteiger charge is -2.22. The van der Waals surface area contributed by atoms with Crippen LogP contribution in [0.5, 0.6) is 5.75 Å². The number of nitrogens with one attached hydrogen (secondary N) is 1. The Kier molecular flexibility index (Phi) is 5.58. The molecule has 27 heavy (non-hydrogen) atoms. The molecule has 0 aromatic heterocycles. The van der Waals surface area contributed by atoms with Gasteiger partial charge in [-0.15, -0.1) is 0 Å². The van der Waals surface area contributed by atoms with Crippen LogP contribution in [0.4, 0.5) is 10.5 Å². The first-order valence-corrected chi connectivity index (χ1v) is 8.61. The molecule has 0 aliphatic carbocycles. The summed E-state index contributed by atoms with van der Waals surface area (Å²) >= 11 is 0. The van der Waals surface area contributed by atoms with Crippen LogP contribution in [0, 0.1) is 13.8 Å². The molecule has 1 atom stereocenters. The summed E-state index contributed by atoms with van der Waals surface area (Å²) in [5.74, 6) is -1.77. The lowest BCUT2D eigenvalue weighted by molar-refractivity contribution is -0.142. The van der Waals surface area contributed by atoms with Crippen molar-refractivity contribution in [2.24, 2.45) is 0 Å². The molecule has 1 aliphatic rings. The molecule has 3 amide bonds. The Labute approximate surface area is 157 Å². The number of amides is 3. The summed E-state index contributed by atoms with van der Waals surface area (Å²) in [5, 5.41) is 2.60. The number of hydrogen-bond donors (Lipinski definition) is 1. The van der Waals surface area contributed by atoms with E-state index >= 15 is 0 Å². The zero-order valence-corrected chi connectivity index (χ0v) is 16.3. The number of carbonyl (C=O) groups excluding carboxylic acids is 4. The fraction of sp³-hybridized carbons (Fsp3) is 0.474. The van der Waals surface area contributed by atoms with Gasteiger partial charge in [0.05, 0.1) is 12.3 Å². The maximum absolute atomic E-state index is 12.8. The molecule has 1 saturated heterocycles. The first kappa shape index (κ1) is 20.4. The topological polar surface area (TPSA) is 102 Å². The third kappa shape index (κ3) is 3.94. The van der Waals surface area contributed by atoms with E-state index in [1.165, 1.54) is 13.8 Å². The summed E-state index contributed by atoms with van der Waals surface area (Å²) in [6.45, 7) is 9.90. The van der Waals surface area contributed by atoms with E-state index in [1.54, 1.807) is 19.1 Å². The lowest BCUT2D eigenvalue weighted by atomic mass is 10.1. The van der Waals surface area contributed by atoms with Crippen molar-refractivity contribution in [3.05, 3.63) is 23.3 Å². The number of ketones is 1. The Balaban J connectivity index is 2.37. The smallest absolute Gasteiger partial charge is 0.418 e. The minimum Gasteiger partial charge on any atom is -0.492 e. The quantitative estimate of drug-likeness (QED) is 0.765. The van der Waals surface area contributed by atoms with E-state index in [-0.39, 0.29) is 0 Å². The number of ether oxygens (including phenoxy) is 2. The Morgan fingerprint density at radius 1 is 1.22 bits per heavy atom. The van der Waals surface area contributed by atoms with E-state index in [0.717, 1.165) is 18.1 Å². The van der Waals surface area contributed by atoms with E-state index < -0.39 is 35.3 Å². The van der Waals surface area contributed by atoms with Gasteiger partial charge in [-0.2, -0.15) is 0 Å². The molecule has 8 nitrogen and oxygen atoms in total. The number of benzene rings is 1. The van der Waals surface area contributed by atoms with Gasteiger partial charge in [0, 0.05) is 0 Å². The number of carbonyl (C=O) groups is 4. The molecule has 8 heteroatoms. The largest absolute Gasteiger partial charge is 0.492 e. The van der Waals surface area contributed by atoms with Crippen molar-refractivity contribution in [3.8, 4) is 5.75 Å². The number of hydrogen-bond acceptors (Lipinski definition) is 6. The van der Waals surface area contributed by atoms with Gasteiger partial charge < -0.3 is 14.8 Å². The molecular weight excluding hydrogens is 352 g/mol. The SMILES string of the molecule is CCOc1cc(C)c(C)cc1NC(=O)C(C(C)=O)N1C(=O)OC(C)(C)C1=O. The highest BCUT2D eigenvalue weighted by molar-refractivity contribution is 6.17. The summed E-state index contributed by atoms with van der Waals surface area (Å²) < 4.78 is 10.5. The van der Waals surface area contributed by atoms with E-state index in [1.807, 2.05) is 13.8 Å². The fourth-order valence-corrected chi connectivity index (χ4v) is 2.75. The zero-order valence-electron chi connectivity index (χ0n) is 16.3. The number of anilines is 1. The molecule has 0 saturated carbocycles. The van der Waals surface area contributed by atoms with E-state index in [2.05, 4.69) is 5.32 Å². The maximum Gasteiger partial charge on any atom is 0.418 e. The van der Waals surface area contributed by atoms with Crippen LogP contribution in [-0.4, -0.2) is 46.8 Å². The van der Waals surface area contributed by atoms with Crippen molar-refractivity contribution in [2.75, 3.05) is 11.9 Å². The van der Waals surface area contributed by atoms with Crippen LogP contribution < -0.4 is 10.1 Å². The van der Waals surface area contributed by atoms with Gasteiger partial charge in [-0.1, -0.05) is 0 Å². The molecule has 146 valence electrons. The Bertz CT molecular complexity index is 815. The molecule has 1 aromatic carbocycles. The van der Waals surface area contributed by atoms with Crippen LogP contribution in [0.2, 0.25) is 0 Å². The van der Waals surface area contributed by atoms with Crippen molar-refractivity contribution in [3.63, 3.8) is 0 Å². The summed E-state index contributed by atoms with van der Waals surface area (Å²) in [7, 11) is 0. The molecule has 1 N–H and O–H groups in total. The second-order valence-corrected chi connectivity index (χ2v) is 6.92. The van der Waals surface area contributed by atoms with Crippen molar-refractivity contribution < 1.29 is 28.7 Å². The van der Waals surface area contributed by atoms with E-state index in [0.29, 0.717) is 22.9 Å². The molecule has 0 spiro atoms. The number of nitrogens with zero attached hydrogens (tertiary/aromatic N) is 1. The standard InChI is InChI=1S/C19H24N2O6/c1-7-26-14-9-11(3)10(2)8-13(14)20-16(23)15(12(4)22)21-17(24)19(5,6)27-18(21)25/h8-9,15H,7H2,1-6H3,(H,20,23). The minimum atomic E-state index is -1.62. The fourth-order valence-electron chi connectivity index (χ4n) is 2.75. The van der Waals surface area contributed by atoms with Crippen molar-refractivity contribution >= 4 is 29.4 Å². The summed E-state index contributed by atoms with van der Waals surface area (Å²) in [4.78, 5) is 50.0. The van der Waals surface area contributed by atoms with E-state index in [9.17, 15) is 19.2 Å². The van der Waals surface area contributed by atoms with Gasteiger partial charge in [0.2, 0.25) is 0 Å². The Morgan fingerprint density at radius 3 is 2.30 bits per heavy atom. The first-order valence-electron chi connectivity index (χ1n) is 8.61. The van der Waals surface area contributed by atoms with Gasteiger partial charge >= 0.3 is 6.09 Å². The lowest BCUT2D eigenvalue weighted by Crippen LogP contribution is -2.52. The molecule has 1 aromatic rings.